The predicted molar refractivity (Wildman–Crippen MR) is 116 cm³/mol. The molecule has 3 N–H and O–H groups in total. The van der Waals surface area contributed by atoms with Gasteiger partial charge in [0.25, 0.3) is 0 Å². The van der Waals surface area contributed by atoms with Crippen molar-refractivity contribution < 1.29 is 23.9 Å². The molecule has 0 bridgehead atoms. The van der Waals surface area contributed by atoms with Gasteiger partial charge in [0.1, 0.15) is 18.4 Å². The number of nitrogens with zero attached hydrogens (tertiary/aromatic N) is 1. The molecule has 0 aromatic carbocycles. The third-order valence-corrected chi connectivity index (χ3v) is 4.51. The van der Waals surface area contributed by atoms with Crippen molar-refractivity contribution in [3.8, 4) is 0 Å². The van der Waals surface area contributed by atoms with E-state index in [0.29, 0.717) is 19.1 Å². The molecule has 3 unspecified atom stereocenters. The van der Waals surface area contributed by atoms with Crippen LogP contribution < -0.4 is 16.0 Å². The summed E-state index contributed by atoms with van der Waals surface area (Å²) in [6.45, 7) is 9.08. The third-order valence-electron chi connectivity index (χ3n) is 4.51. The molecule has 31 heavy (non-hydrogen) atoms. The van der Waals surface area contributed by atoms with Crippen LogP contribution in [-0.2, 0) is 25.5 Å². The van der Waals surface area contributed by atoms with Gasteiger partial charge in [0, 0.05) is 18.3 Å². The number of pyridine rings is 1. The Labute approximate surface area is 183 Å². The summed E-state index contributed by atoms with van der Waals surface area (Å²) < 4.78 is 5.15. The van der Waals surface area contributed by atoms with Gasteiger partial charge in [-0.3, -0.25) is 14.6 Å². The topological polar surface area (TPSA) is 126 Å². The molecule has 9 nitrogen and oxygen atoms in total. The molecule has 0 fully saturated rings. The summed E-state index contributed by atoms with van der Waals surface area (Å²) in [6, 6.07) is 3.11. The Bertz CT molecular complexity index is 724. The highest BCUT2D eigenvalue weighted by atomic mass is 16.5. The van der Waals surface area contributed by atoms with Crippen molar-refractivity contribution in [2.24, 2.45) is 11.8 Å². The van der Waals surface area contributed by atoms with Crippen molar-refractivity contribution in [2.45, 2.75) is 65.6 Å². The fourth-order valence-corrected chi connectivity index (χ4v) is 2.83. The highest BCUT2D eigenvalue weighted by molar-refractivity contribution is 5.92. The zero-order valence-electron chi connectivity index (χ0n) is 18.9. The molecule has 172 valence electrons. The maximum absolute atomic E-state index is 12.6. The second-order valence-corrected chi connectivity index (χ2v) is 8.18. The molecule has 0 radical (unpaired) electrons. The number of rotatable bonds is 12. The summed E-state index contributed by atoms with van der Waals surface area (Å²) in [6.07, 6.45) is 2.59. The summed E-state index contributed by atoms with van der Waals surface area (Å²) in [4.78, 5) is 52.3. The summed E-state index contributed by atoms with van der Waals surface area (Å²) in [5.41, 5.74) is 0.791. The molecule has 1 aromatic rings. The van der Waals surface area contributed by atoms with E-state index in [0.717, 1.165) is 5.69 Å². The van der Waals surface area contributed by atoms with E-state index in [2.05, 4.69) is 20.9 Å². The molecule has 1 rings (SSSR count). The molecule has 0 saturated heterocycles. The zero-order valence-corrected chi connectivity index (χ0v) is 18.9. The van der Waals surface area contributed by atoms with Crippen LogP contribution in [0.15, 0.2) is 24.4 Å². The first kappa shape index (κ1) is 26.1. The lowest BCUT2D eigenvalue weighted by Gasteiger charge is -2.24. The number of hydrogen-bond acceptors (Lipinski definition) is 6. The Morgan fingerprint density at radius 1 is 1.03 bits per heavy atom. The minimum absolute atomic E-state index is 0.122. The van der Waals surface area contributed by atoms with Crippen LogP contribution in [-0.4, -0.2) is 53.9 Å². The standard InChI is InChI=1S/C22H34N4O5/c1-14(2)12-18(13-27)25-20(28)16(5)24-21(29)19(15(3)4)26-22(30)31-11-9-17-8-6-7-10-23-17/h6-8,10,13-16,18-19H,9,11-12H2,1-5H3,(H,24,29)(H,25,28)(H,26,30). The van der Waals surface area contributed by atoms with Gasteiger partial charge < -0.3 is 25.5 Å². The molecule has 1 heterocycles. The van der Waals surface area contributed by atoms with E-state index in [9.17, 15) is 19.2 Å². The van der Waals surface area contributed by atoms with Gasteiger partial charge in [-0.2, -0.15) is 0 Å². The molecule has 0 spiro atoms. The number of aromatic nitrogens is 1. The van der Waals surface area contributed by atoms with Crippen LogP contribution >= 0.6 is 0 Å². The van der Waals surface area contributed by atoms with Crippen LogP contribution in [0.1, 0.15) is 46.7 Å². The lowest BCUT2D eigenvalue weighted by Crippen LogP contribution is -2.55. The van der Waals surface area contributed by atoms with Gasteiger partial charge in [-0.25, -0.2) is 4.79 Å². The van der Waals surface area contributed by atoms with Crippen LogP contribution in [0.5, 0.6) is 0 Å². The average Bonchev–Trinajstić information content (AvgIpc) is 2.71. The van der Waals surface area contributed by atoms with E-state index in [-0.39, 0.29) is 18.4 Å². The molecular formula is C22H34N4O5. The van der Waals surface area contributed by atoms with Crippen LogP contribution in [0, 0.1) is 11.8 Å². The Hall–Kier alpha value is -2.97. The average molecular weight is 435 g/mol. The minimum Gasteiger partial charge on any atom is -0.449 e. The third kappa shape index (κ3) is 10.1. The number of carbonyl (C=O) groups excluding carboxylic acids is 4. The smallest absolute Gasteiger partial charge is 0.407 e. The second-order valence-electron chi connectivity index (χ2n) is 8.18. The van der Waals surface area contributed by atoms with E-state index in [1.165, 1.54) is 6.92 Å². The number of aldehydes is 1. The highest BCUT2D eigenvalue weighted by Gasteiger charge is 2.28. The SMILES string of the molecule is CC(C)CC(C=O)NC(=O)C(C)NC(=O)C(NC(=O)OCCc1ccccn1)C(C)C. The summed E-state index contributed by atoms with van der Waals surface area (Å²) >= 11 is 0. The van der Waals surface area contributed by atoms with E-state index in [4.69, 9.17) is 4.74 Å². The summed E-state index contributed by atoms with van der Waals surface area (Å²) in [5, 5.41) is 7.74. The molecule has 3 atom stereocenters. The van der Waals surface area contributed by atoms with Crippen LogP contribution in [0.25, 0.3) is 0 Å². The van der Waals surface area contributed by atoms with E-state index in [1.54, 1.807) is 26.1 Å². The van der Waals surface area contributed by atoms with Crippen molar-refractivity contribution in [3.63, 3.8) is 0 Å². The molecule has 3 amide bonds. The maximum atomic E-state index is 12.6. The molecule has 0 aliphatic rings. The zero-order chi connectivity index (χ0) is 23.4. The normalized spacial score (nSPS) is 13.8. The predicted octanol–water partition coefficient (Wildman–Crippen LogP) is 1.61. The lowest BCUT2D eigenvalue weighted by molar-refractivity contribution is -0.131. The summed E-state index contributed by atoms with van der Waals surface area (Å²) in [7, 11) is 0. The number of alkyl carbamates (subject to hydrolysis) is 1. The molecule has 9 heteroatoms. The number of ether oxygens (including phenoxy) is 1. The van der Waals surface area contributed by atoms with E-state index in [1.807, 2.05) is 26.0 Å². The first-order valence-corrected chi connectivity index (χ1v) is 10.5. The van der Waals surface area contributed by atoms with Crippen molar-refractivity contribution in [1.29, 1.82) is 0 Å². The second kappa shape index (κ2) is 13.4. The molecule has 0 aliphatic carbocycles. The monoisotopic (exact) mass is 434 g/mol. The van der Waals surface area contributed by atoms with E-state index < -0.39 is 36.0 Å². The quantitative estimate of drug-likeness (QED) is 0.429. The van der Waals surface area contributed by atoms with Gasteiger partial charge >= 0.3 is 6.09 Å². The molecular weight excluding hydrogens is 400 g/mol. The number of amides is 3. The van der Waals surface area contributed by atoms with Crippen LogP contribution in [0.4, 0.5) is 4.79 Å². The Morgan fingerprint density at radius 3 is 2.29 bits per heavy atom. The Kier molecular flexibility index (Phi) is 11.2. The number of nitrogens with one attached hydrogen (secondary N) is 3. The van der Waals surface area contributed by atoms with Crippen molar-refractivity contribution in [2.75, 3.05) is 6.61 Å². The van der Waals surface area contributed by atoms with Gasteiger partial charge in [0.15, 0.2) is 0 Å². The summed E-state index contributed by atoms with van der Waals surface area (Å²) in [5.74, 6) is -0.974. The minimum atomic E-state index is -0.880. The Morgan fingerprint density at radius 2 is 1.74 bits per heavy atom. The number of carbonyl (C=O) groups is 4. The van der Waals surface area contributed by atoms with Gasteiger partial charge in [0.2, 0.25) is 11.8 Å². The first-order chi connectivity index (χ1) is 14.6. The van der Waals surface area contributed by atoms with Gasteiger partial charge in [-0.15, -0.1) is 0 Å². The largest absolute Gasteiger partial charge is 0.449 e. The number of hydrogen-bond donors (Lipinski definition) is 3. The van der Waals surface area contributed by atoms with Gasteiger partial charge in [-0.1, -0.05) is 33.8 Å². The van der Waals surface area contributed by atoms with Gasteiger partial charge in [-0.05, 0) is 37.3 Å². The van der Waals surface area contributed by atoms with Crippen LogP contribution in [0.3, 0.4) is 0 Å². The van der Waals surface area contributed by atoms with Crippen LogP contribution in [0.2, 0.25) is 0 Å². The van der Waals surface area contributed by atoms with Crippen molar-refractivity contribution in [1.82, 2.24) is 20.9 Å². The fraction of sp³-hybridized carbons (Fsp3) is 0.591. The molecule has 1 aromatic heterocycles. The molecule has 0 saturated carbocycles. The Balaban J connectivity index is 2.54. The molecule has 0 aliphatic heterocycles. The van der Waals surface area contributed by atoms with E-state index >= 15 is 0 Å². The first-order valence-electron chi connectivity index (χ1n) is 10.5. The fourth-order valence-electron chi connectivity index (χ4n) is 2.83. The highest BCUT2D eigenvalue weighted by Crippen LogP contribution is 2.05. The van der Waals surface area contributed by atoms with Crippen molar-refractivity contribution in [3.05, 3.63) is 30.1 Å². The maximum Gasteiger partial charge on any atom is 0.407 e. The lowest BCUT2D eigenvalue weighted by atomic mass is 10.0. The van der Waals surface area contributed by atoms with Crippen molar-refractivity contribution >= 4 is 24.2 Å². The van der Waals surface area contributed by atoms with Gasteiger partial charge in [0.05, 0.1) is 12.6 Å².